The number of rotatable bonds is 7. The number of carbonyl (C=O) groups is 2. The molecule has 1 aromatic heterocycles. The molecule has 7 nitrogen and oxygen atoms in total. The summed E-state index contributed by atoms with van der Waals surface area (Å²) in [4.78, 5) is 38.0. The highest BCUT2D eigenvalue weighted by Crippen LogP contribution is 2.20. The average molecular weight is 389 g/mol. The summed E-state index contributed by atoms with van der Waals surface area (Å²) < 4.78 is 13.3. The molecule has 1 atom stereocenters. The fourth-order valence-electron chi connectivity index (χ4n) is 3.50. The Morgan fingerprint density at radius 1 is 1.32 bits per heavy atom. The Bertz CT molecular complexity index is 850. The first kappa shape index (κ1) is 20.3. The van der Waals surface area contributed by atoms with Gasteiger partial charge in [0, 0.05) is 46.1 Å². The number of likely N-dealkylation sites (N-methyl/N-ethyl adjacent to an activating group) is 2. The molecule has 2 heterocycles. The summed E-state index contributed by atoms with van der Waals surface area (Å²) in [5.41, 5.74) is 1.37. The maximum atomic E-state index is 13.3. The minimum Gasteiger partial charge on any atom is -0.345 e. The molecule has 2 aromatic rings. The molecule has 1 aromatic carbocycles. The Balaban J connectivity index is 1.55. The number of benzene rings is 1. The van der Waals surface area contributed by atoms with Crippen LogP contribution in [0.4, 0.5) is 4.39 Å². The molecule has 1 saturated heterocycles. The van der Waals surface area contributed by atoms with E-state index in [1.165, 1.54) is 12.1 Å². The summed E-state index contributed by atoms with van der Waals surface area (Å²) >= 11 is 0. The van der Waals surface area contributed by atoms with Gasteiger partial charge in [-0.3, -0.25) is 9.59 Å². The van der Waals surface area contributed by atoms with E-state index < -0.39 is 0 Å². The number of aromatic amines is 1. The van der Waals surface area contributed by atoms with Crippen molar-refractivity contribution in [2.45, 2.75) is 19.3 Å². The van der Waals surface area contributed by atoms with Gasteiger partial charge in [0.1, 0.15) is 11.6 Å². The second-order valence-electron chi connectivity index (χ2n) is 7.73. The van der Waals surface area contributed by atoms with Crippen molar-refractivity contribution in [1.29, 1.82) is 0 Å². The van der Waals surface area contributed by atoms with Crippen LogP contribution in [0.15, 0.2) is 18.2 Å². The van der Waals surface area contributed by atoms with E-state index in [-0.39, 0.29) is 23.5 Å². The van der Waals surface area contributed by atoms with Crippen molar-refractivity contribution in [3.05, 3.63) is 29.8 Å². The Morgan fingerprint density at radius 2 is 2.11 bits per heavy atom. The number of nitrogens with zero attached hydrogens (tertiary/aromatic N) is 4. The zero-order chi connectivity index (χ0) is 20.3. The first-order valence-electron chi connectivity index (χ1n) is 9.65. The van der Waals surface area contributed by atoms with Crippen molar-refractivity contribution in [1.82, 2.24) is 24.7 Å². The molecule has 0 bridgehead atoms. The summed E-state index contributed by atoms with van der Waals surface area (Å²) in [7, 11) is 5.72. The molecule has 1 aliphatic heterocycles. The lowest BCUT2D eigenvalue weighted by Gasteiger charge is -2.34. The first-order valence-corrected chi connectivity index (χ1v) is 9.65. The third-order valence-electron chi connectivity index (χ3n) is 5.22. The molecule has 0 spiro atoms. The second-order valence-corrected chi connectivity index (χ2v) is 7.73. The third-order valence-corrected chi connectivity index (χ3v) is 5.22. The van der Waals surface area contributed by atoms with Crippen molar-refractivity contribution in [2.75, 3.05) is 47.3 Å². The number of piperidine rings is 1. The molecule has 0 radical (unpaired) electrons. The average Bonchev–Trinajstić information content (AvgIpc) is 3.06. The number of carbonyl (C=O) groups excluding carboxylic acids is 2. The number of fused-ring (bicyclic) bond motifs is 1. The molecule has 1 aliphatic rings. The molecular weight excluding hydrogens is 361 g/mol. The fraction of sp³-hybridized carbons (Fsp3) is 0.550. The van der Waals surface area contributed by atoms with Gasteiger partial charge in [0.15, 0.2) is 0 Å². The lowest BCUT2D eigenvalue weighted by molar-refractivity contribution is -0.142. The van der Waals surface area contributed by atoms with E-state index in [4.69, 9.17) is 0 Å². The van der Waals surface area contributed by atoms with Crippen molar-refractivity contribution in [2.24, 2.45) is 5.92 Å². The van der Waals surface area contributed by atoms with E-state index in [2.05, 4.69) is 9.97 Å². The van der Waals surface area contributed by atoms with Gasteiger partial charge >= 0.3 is 0 Å². The van der Waals surface area contributed by atoms with Crippen molar-refractivity contribution in [3.8, 4) is 0 Å². The highest BCUT2D eigenvalue weighted by Gasteiger charge is 2.31. The number of imidazole rings is 1. The van der Waals surface area contributed by atoms with E-state index in [0.717, 1.165) is 12.4 Å². The fourth-order valence-corrected chi connectivity index (χ4v) is 3.50. The minimum absolute atomic E-state index is 0.0597. The highest BCUT2D eigenvalue weighted by molar-refractivity contribution is 5.83. The van der Waals surface area contributed by atoms with Gasteiger partial charge in [-0.2, -0.15) is 0 Å². The van der Waals surface area contributed by atoms with Crippen LogP contribution < -0.4 is 0 Å². The van der Waals surface area contributed by atoms with Crippen LogP contribution >= 0.6 is 0 Å². The van der Waals surface area contributed by atoms with Gasteiger partial charge in [-0.1, -0.05) is 0 Å². The van der Waals surface area contributed by atoms with Crippen molar-refractivity contribution in [3.63, 3.8) is 0 Å². The summed E-state index contributed by atoms with van der Waals surface area (Å²) in [6.07, 6.45) is 1.59. The quantitative estimate of drug-likeness (QED) is 0.779. The number of aromatic nitrogens is 2. The Morgan fingerprint density at radius 3 is 2.86 bits per heavy atom. The largest absolute Gasteiger partial charge is 0.345 e. The summed E-state index contributed by atoms with van der Waals surface area (Å²) in [5, 5.41) is 0. The van der Waals surface area contributed by atoms with Crippen molar-refractivity contribution >= 4 is 22.8 Å². The number of hydrogen-bond donors (Lipinski definition) is 1. The topological polar surface area (TPSA) is 72.5 Å². The third kappa shape index (κ3) is 4.86. The maximum Gasteiger partial charge on any atom is 0.227 e. The molecule has 3 rings (SSSR count). The van der Waals surface area contributed by atoms with E-state index in [9.17, 15) is 14.0 Å². The predicted octanol–water partition coefficient (Wildman–Crippen LogP) is 1.50. The van der Waals surface area contributed by atoms with Gasteiger partial charge < -0.3 is 19.7 Å². The summed E-state index contributed by atoms with van der Waals surface area (Å²) in [5.74, 6) is 0.453. The van der Waals surface area contributed by atoms with Gasteiger partial charge in [0.2, 0.25) is 11.8 Å². The van der Waals surface area contributed by atoms with Crippen LogP contribution in [0.1, 0.15) is 18.7 Å². The highest BCUT2D eigenvalue weighted by atomic mass is 19.1. The molecule has 2 amide bonds. The van der Waals surface area contributed by atoms with E-state index in [0.29, 0.717) is 49.9 Å². The lowest BCUT2D eigenvalue weighted by Crippen LogP contribution is -2.48. The number of halogens is 1. The van der Waals surface area contributed by atoms with Gasteiger partial charge in [0.25, 0.3) is 0 Å². The zero-order valence-electron chi connectivity index (χ0n) is 16.7. The van der Waals surface area contributed by atoms with Crippen LogP contribution in [0.25, 0.3) is 11.0 Å². The predicted molar refractivity (Wildman–Crippen MR) is 105 cm³/mol. The first-order chi connectivity index (χ1) is 13.3. The molecule has 152 valence electrons. The Hall–Kier alpha value is -2.48. The molecule has 8 heteroatoms. The van der Waals surface area contributed by atoms with Crippen LogP contribution in [0.3, 0.4) is 0 Å². The van der Waals surface area contributed by atoms with Crippen LogP contribution in [-0.2, 0) is 16.0 Å². The zero-order valence-corrected chi connectivity index (χ0v) is 16.7. The normalized spacial score (nSPS) is 17.5. The monoisotopic (exact) mass is 389 g/mol. The number of hydrogen-bond acceptors (Lipinski definition) is 4. The standard InChI is InChI=1S/C20H28FN5O2/c1-24(2)10-11-26-13-14(4-7-19(26)27)20(28)25(3)9-8-18-22-16-6-5-15(21)12-17(16)23-18/h5-6,12,14H,4,7-11,13H2,1-3H3,(H,22,23). The molecule has 28 heavy (non-hydrogen) atoms. The molecule has 1 unspecified atom stereocenters. The van der Waals surface area contributed by atoms with Crippen LogP contribution in [0, 0.1) is 11.7 Å². The van der Waals surface area contributed by atoms with E-state index >= 15 is 0 Å². The maximum absolute atomic E-state index is 13.3. The van der Waals surface area contributed by atoms with Gasteiger partial charge in [-0.25, -0.2) is 9.37 Å². The summed E-state index contributed by atoms with van der Waals surface area (Å²) in [6.45, 7) is 2.44. The van der Waals surface area contributed by atoms with E-state index in [1.807, 2.05) is 19.0 Å². The Labute approximate surface area is 164 Å². The van der Waals surface area contributed by atoms with Gasteiger partial charge in [-0.05, 0) is 38.7 Å². The van der Waals surface area contributed by atoms with Crippen molar-refractivity contribution < 1.29 is 14.0 Å². The number of H-pyrrole nitrogens is 1. The lowest BCUT2D eigenvalue weighted by atomic mass is 9.96. The number of amides is 2. The van der Waals surface area contributed by atoms with Crippen LogP contribution in [0.5, 0.6) is 0 Å². The number of nitrogens with one attached hydrogen (secondary N) is 1. The molecule has 1 N–H and O–H groups in total. The molecular formula is C20H28FN5O2. The SMILES string of the molecule is CN(C)CCN1CC(C(=O)N(C)CCc2nc3ccc(F)cc3[nH]2)CCC1=O. The number of likely N-dealkylation sites (tertiary alicyclic amines) is 1. The molecule has 0 saturated carbocycles. The van der Waals surface area contributed by atoms with Gasteiger partial charge in [-0.15, -0.1) is 0 Å². The smallest absolute Gasteiger partial charge is 0.227 e. The van der Waals surface area contributed by atoms with Gasteiger partial charge in [0.05, 0.1) is 17.0 Å². The minimum atomic E-state index is -0.305. The molecule has 0 aliphatic carbocycles. The van der Waals surface area contributed by atoms with E-state index in [1.54, 1.807) is 22.9 Å². The van der Waals surface area contributed by atoms with Crippen LogP contribution in [0.2, 0.25) is 0 Å². The summed E-state index contributed by atoms with van der Waals surface area (Å²) in [6, 6.07) is 4.44. The van der Waals surface area contributed by atoms with Crippen LogP contribution in [-0.4, -0.2) is 83.8 Å². The molecule has 1 fully saturated rings. The second kappa shape index (κ2) is 8.68. The Kier molecular flexibility index (Phi) is 6.28.